The van der Waals surface area contributed by atoms with Gasteiger partial charge in [-0.2, -0.15) is 0 Å². The number of nitrogens with two attached hydrogens (primary N) is 1. The number of nitrogens with zero attached hydrogens (tertiary/aromatic N) is 2. The Labute approximate surface area is 122 Å². The number of benzene rings is 1. The van der Waals surface area contributed by atoms with Gasteiger partial charge in [-0.1, -0.05) is 6.08 Å². The van der Waals surface area contributed by atoms with Gasteiger partial charge in [0.15, 0.2) is 0 Å². The van der Waals surface area contributed by atoms with E-state index in [-0.39, 0.29) is 5.91 Å². The quantitative estimate of drug-likeness (QED) is 0.696. The van der Waals surface area contributed by atoms with Gasteiger partial charge < -0.3 is 10.6 Å². The molecule has 0 bridgehead atoms. The number of amidine groups is 1. The largest absolute Gasteiger partial charge is 0.384 e. The maximum atomic E-state index is 11.9. The third-order valence-corrected chi connectivity index (χ3v) is 3.82. The molecule has 0 saturated heterocycles. The summed E-state index contributed by atoms with van der Waals surface area (Å²) in [5.41, 5.74) is 6.55. The normalized spacial score (nSPS) is 12.2. The van der Waals surface area contributed by atoms with Crippen molar-refractivity contribution >= 4 is 38.9 Å². The maximum Gasteiger partial charge on any atom is 0.263 e. The molecule has 0 aliphatic heterocycles. The van der Waals surface area contributed by atoms with E-state index in [4.69, 9.17) is 5.73 Å². The van der Waals surface area contributed by atoms with Crippen LogP contribution in [0.4, 0.5) is 5.69 Å². The number of fused-ring (bicyclic) bond motifs is 1. The molecule has 5 heteroatoms. The lowest BCUT2D eigenvalue weighted by molar-refractivity contribution is 0.0832. The molecule has 0 aliphatic carbocycles. The summed E-state index contributed by atoms with van der Waals surface area (Å²) in [5, 5.41) is 1.01. The highest BCUT2D eigenvalue weighted by molar-refractivity contribution is 7.20. The van der Waals surface area contributed by atoms with Crippen molar-refractivity contribution in [3.8, 4) is 0 Å². The van der Waals surface area contributed by atoms with Gasteiger partial charge in [0.2, 0.25) is 0 Å². The molecule has 1 amide bonds. The minimum absolute atomic E-state index is 0.0182. The van der Waals surface area contributed by atoms with Crippen LogP contribution in [0.15, 0.2) is 41.4 Å². The van der Waals surface area contributed by atoms with Gasteiger partial charge in [0.1, 0.15) is 5.84 Å². The first-order valence-corrected chi connectivity index (χ1v) is 7.05. The Morgan fingerprint density at radius 3 is 2.75 bits per heavy atom. The molecule has 0 radical (unpaired) electrons. The smallest absolute Gasteiger partial charge is 0.263 e. The molecule has 2 aromatic rings. The van der Waals surface area contributed by atoms with E-state index in [2.05, 4.69) is 4.99 Å². The average Bonchev–Trinajstić information content (AvgIpc) is 2.80. The highest BCUT2D eigenvalue weighted by Gasteiger charge is 2.12. The molecule has 104 valence electrons. The van der Waals surface area contributed by atoms with Gasteiger partial charge in [-0.25, -0.2) is 4.99 Å². The topological polar surface area (TPSA) is 58.7 Å². The molecule has 1 aromatic carbocycles. The van der Waals surface area contributed by atoms with Gasteiger partial charge >= 0.3 is 0 Å². The summed E-state index contributed by atoms with van der Waals surface area (Å²) < 4.78 is 1.07. The van der Waals surface area contributed by atoms with Gasteiger partial charge in [-0.05, 0) is 42.7 Å². The fraction of sp³-hybridized carbons (Fsp3) is 0.200. The van der Waals surface area contributed by atoms with Crippen molar-refractivity contribution in [2.24, 2.45) is 10.7 Å². The zero-order valence-electron chi connectivity index (χ0n) is 11.8. The molecule has 2 N–H and O–H groups in total. The van der Waals surface area contributed by atoms with Gasteiger partial charge in [0, 0.05) is 18.8 Å². The van der Waals surface area contributed by atoms with Crippen molar-refractivity contribution in [1.82, 2.24) is 4.90 Å². The van der Waals surface area contributed by atoms with Crippen LogP contribution < -0.4 is 5.73 Å². The first-order chi connectivity index (χ1) is 9.51. The van der Waals surface area contributed by atoms with Gasteiger partial charge in [-0.3, -0.25) is 4.79 Å². The number of carbonyl (C=O) groups excluding carboxylic acids is 1. The lowest BCUT2D eigenvalue weighted by atomic mass is 10.2. The van der Waals surface area contributed by atoms with Crippen LogP contribution in [0, 0.1) is 0 Å². The summed E-state index contributed by atoms with van der Waals surface area (Å²) in [5.74, 6) is 0.483. The average molecular weight is 287 g/mol. The Kier molecular flexibility index (Phi) is 4.20. The van der Waals surface area contributed by atoms with E-state index < -0.39 is 0 Å². The van der Waals surface area contributed by atoms with Crippen LogP contribution in [-0.4, -0.2) is 30.7 Å². The Morgan fingerprint density at radius 2 is 2.10 bits per heavy atom. The number of allylic oxidation sites excluding steroid dienone is 1. The van der Waals surface area contributed by atoms with E-state index in [1.807, 2.05) is 37.3 Å². The molecular weight excluding hydrogens is 270 g/mol. The number of amides is 1. The van der Waals surface area contributed by atoms with E-state index in [9.17, 15) is 4.79 Å². The Morgan fingerprint density at radius 1 is 1.35 bits per heavy atom. The molecule has 0 saturated carbocycles. The zero-order chi connectivity index (χ0) is 14.7. The van der Waals surface area contributed by atoms with Crippen molar-refractivity contribution in [1.29, 1.82) is 0 Å². The number of hydrogen-bond donors (Lipinski definition) is 1. The SMILES string of the molecule is C/C=C/C(N)=Nc1ccc2sc(C(=O)N(C)C)cc2c1. The lowest BCUT2D eigenvalue weighted by Gasteiger charge is -2.06. The number of carbonyl (C=O) groups is 1. The Bertz CT molecular complexity index is 698. The van der Waals surface area contributed by atoms with E-state index in [1.54, 1.807) is 25.1 Å². The summed E-state index contributed by atoms with van der Waals surface area (Å²) in [4.78, 5) is 18.6. The van der Waals surface area contributed by atoms with Crippen molar-refractivity contribution in [3.63, 3.8) is 0 Å². The van der Waals surface area contributed by atoms with Crippen LogP contribution in [0.1, 0.15) is 16.6 Å². The number of thiophene rings is 1. The second-order valence-electron chi connectivity index (χ2n) is 4.57. The van der Waals surface area contributed by atoms with Crippen LogP contribution in [0.2, 0.25) is 0 Å². The number of hydrogen-bond acceptors (Lipinski definition) is 3. The molecule has 0 unspecified atom stereocenters. The Hall–Kier alpha value is -2.14. The first-order valence-electron chi connectivity index (χ1n) is 6.23. The second-order valence-corrected chi connectivity index (χ2v) is 5.65. The summed E-state index contributed by atoms with van der Waals surface area (Å²) in [6, 6.07) is 7.70. The fourth-order valence-electron chi connectivity index (χ4n) is 1.78. The minimum atomic E-state index is 0.0182. The van der Waals surface area contributed by atoms with E-state index in [0.29, 0.717) is 5.84 Å². The zero-order valence-corrected chi connectivity index (χ0v) is 12.6. The van der Waals surface area contributed by atoms with E-state index in [0.717, 1.165) is 20.7 Å². The van der Waals surface area contributed by atoms with Gasteiger partial charge in [0.05, 0.1) is 10.6 Å². The van der Waals surface area contributed by atoms with Crippen molar-refractivity contribution in [2.75, 3.05) is 14.1 Å². The fourth-order valence-corrected chi connectivity index (χ4v) is 2.85. The molecule has 4 nitrogen and oxygen atoms in total. The predicted octanol–water partition coefficient (Wildman–Crippen LogP) is 3.17. The number of rotatable bonds is 3. The predicted molar refractivity (Wildman–Crippen MR) is 85.9 cm³/mol. The van der Waals surface area contributed by atoms with E-state index in [1.165, 1.54) is 11.3 Å². The molecular formula is C15H17N3OS. The van der Waals surface area contributed by atoms with Crippen LogP contribution >= 0.6 is 11.3 Å². The Balaban J connectivity index is 2.40. The monoisotopic (exact) mass is 287 g/mol. The third kappa shape index (κ3) is 3.05. The molecule has 0 atom stereocenters. The molecule has 0 aliphatic rings. The van der Waals surface area contributed by atoms with Crippen LogP contribution in [-0.2, 0) is 0 Å². The maximum absolute atomic E-state index is 11.9. The summed E-state index contributed by atoms with van der Waals surface area (Å²) >= 11 is 1.49. The van der Waals surface area contributed by atoms with Gasteiger partial charge in [0.25, 0.3) is 5.91 Å². The summed E-state index contributed by atoms with van der Waals surface area (Å²) in [6.45, 7) is 1.89. The summed E-state index contributed by atoms with van der Waals surface area (Å²) in [6.07, 6.45) is 3.59. The molecule has 1 heterocycles. The highest BCUT2D eigenvalue weighted by atomic mass is 32.1. The van der Waals surface area contributed by atoms with Crippen molar-refractivity contribution in [3.05, 3.63) is 41.3 Å². The van der Waals surface area contributed by atoms with Crippen LogP contribution in [0.5, 0.6) is 0 Å². The first kappa shape index (κ1) is 14.3. The molecule has 0 spiro atoms. The number of aliphatic imine (C=N–C) groups is 1. The van der Waals surface area contributed by atoms with Crippen molar-refractivity contribution in [2.45, 2.75) is 6.92 Å². The minimum Gasteiger partial charge on any atom is -0.384 e. The standard InChI is InChI=1S/C15H17N3OS/c1-4-5-14(16)17-11-6-7-12-10(8-11)9-13(20-12)15(19)18(2)3/h4-9H,1-3H3,(H2,16,17)/b5-4+. The lowest BCUT2D eigenvalue weighted by Crippen LogP contribution is -2.20. The van der Waals surface area contributed by atoms with Crippen LogP contribution in [0.25, 0.3) is 10.1 Å². The third-order valence-electron chi connectivity index (χ3n) is 2.71. The molecule has 2 rings (SSSR count). The summed E-state index contributed by atoms with van der Waals surface area (Å²) in [7, 11) is 3.50. The molecule has 0 fully saturated rings. The van der Waals surface area contributed by atoms with Gasteiger partial charge in [-0.15, -0.1) is 11.3 Å². The molecule has 20 heavy (non-hydrogen) atoms. The molecule has 1 aromatic heterocycles. The van der Waals surface area contributed by atoms with Crippen LogP contribution in [0.3, 0.4) is 0 Å². The second kappa shape index (κ2) is 5.88. The highest BCUT2D eigenvalue weighted by Crippen LogP contribution is 2.29. The van der Waals surface area contributed by atoms with Crippen molar-refractivity contribution < 1.29 is 4.79 Å². The van der Waals surface area contributed by atoms with E-state index >= 15 is 0 Å².